The maximum atomic E-state index is 15.0. The van der Waals surface area contributed by atoms with Crippen LogP contribution in [-0.2, 0) is 72.0 Å². The molecule has 0 unspecified atom stereocenters. The van der Waals surface area contributed by atoms with E-state index in [9.17, 15) is 68.1 Å². The fourth-order valence-electron chi connectivity index (χ4n) is 12.9. The maximum absolute atomic E-state index is 15.0. The standard InChI is InChI=1S/C62H85N17O14/c1-31(2)19-44(54(86)72-42(9-5-17-67-62(64)65)61(93)79-18-6-10-49(79)59(91)69-28-50(63)83)77-60(92)52-39-25-37(82)21-33(39)22-43(52)73-55(87)45(20-32-11-13-36(81)14-12-32)74-58(90)48(29-80)78-56(88)46(23-34-26-68-40-8-4-3-7-38(34)40)75-57(89)47(24-35-27-66-30-70-35)76-53(85)41-15-16-51(84)71-41/h3-4,7-8,11-14,26-27,30-31,33,37,39,41-49,52,68,80-82H,5-6,9-10,15-25,28-29H2,1-2H3,(H2,63,83)(H,66,70)(H,69,91)(H,71,84)(H,72,86)(H,73,87)(H,74,90)(H,75,89)(H,76,85)(H,77,92)(H,78,88)(H4,64,65,67)/t33-,37-,39-,41+,42+,43-,44+,45+,46+,47+,48+,49+,52+/m1/s1. The summed E-state index contributed by atoms with van der Waals surface area (Å²) in [5, 5.41) is 57.0. The number of nitrogens with two attached hydrogens (primary N) is 3. The zero-order valence-electron chi connectivity index (χ0n) is 51.9. The van der Waals surface area contributed by atoms with Crippen molar-refractivity contribution in [1.29, 1.82) is 0 Å². The minimum Gasteiger partial charge on any atom is -0.508 e. The number of imidazole rings is 1. The molecule has 2 aromatic carbocycles. The predicted molar refractivity (Wildman–Crippen MR) is 335 cm³/mol. The lowest BCUT2D eigenvalue weighted by Crippen LogP contribution is -2.61. The maximum Gasteiger partial charge on any atom is 0.245 e. The molecule has 0 radical (unpaired) electrons. The molecule has 2 saturated carbocycles. The molecule has 31 heteroatoms. The largest absolute Gasteiger partial charge is 0.508 e. The summed E-state index contributed by atoms with van der Waals surface area (Å²) in [6.45, 7) is 2.46. The van der Waals surface area contributed by atoms with Crippen molar-refractivity contribution in [3.63, 3.8) is 0 Å². The van der Waals surface area contributed by atoms with Gasteiger partial charge in [0.2, 0.25) is 65.0 Å². The number of carbonyl (C=O) groups is 11. The van der Waals surface area contributed by atoms with Crippen molar-refractivity contribution in [2.45, 2.75) is 158 Å². The van der Waals surface area contributed by atoms with E-state index in [4.69, 9.17) is 17.2 Å². The Labute approximate surface area is 535 Å². The Hall–Kier alpha value is -9.65. The third kappa shape index (κ3) is 18.8. The smallest absolute Gasteiger partial charge is 0.245 e. The summed E-state index contributed by atoms with van der Waals surface area (Å²) < 4.78 is 0. The Balaban J connectivity index is 1.01. The van der Waals surface area contributed by atoms with Crippen LogP contribution in [0, 0.1) is 23.7 Å². The van der Waals surface area contributed by atoms with Crippen LogP contribution in [0.25, 0.3) is 10.9 Å². The van der Waals surface area contributed by atoms with Gasteiger partial charge >= 0.3 is 0 Å². The normalized spacial score (nSPS) is 21.8. The van der Waals surface area contributed by atoms with Gasteiger partial charge in [0, 0.05) is 73.8 Å². The number of hydrogen-bond acceptors (Lipinski definition) is 16. The van der Waals surface area contributed by atoms with Crippen LogP contribution in [0.4, 0.5) is 0 Å². The second-order valence-corrected chi connectivity index (χ2v) is 24.8. The Bertz CT molecular complexity index is 3370. The summed E-state index contributed by atoms with van der Waals surface area (Å²) >= 11 is 0. The third-order valence-electron chi connectivity index (χ3n) is 17.5. The van der Waals surface area contributed by atoms with E-state index < -0.39 is 145 Å². The van der Waals surface area contributed by atoms with Crippen molar-refractivity contribution in [2.75, 3.05) is 26.2 Å². The summed E-state index contributed by atoms with van der Waals surface area (Å²) in [7, 11) is 0. The Morgan fingerprint density at radius 3 is 2.08 bits per heavy atom. The lowest BCUT2D eigenvalue weighted by Gasteiger charge is -2.31. The van der Waals surface area contributed by atoms with E-state index in [0.29, 0.717) is 40.6 Å². The number of H-pyrrole nitrogens is 2. The highest BCUT2D eigenvalue weighted by Crippen LogP contribution is 2.48. The van der Waals surface area contributed by atoms with Crippen molar-refractivity contribution in [1.82, 2.24) is 67.7 Å². The van der Waals surface area contributed by atoms with Crippen LogP contribution < -0.4 is 65.1 Å². The van der Waals surface area contributed by atoms with Crippen LogP contribution in [0.5, 0.6) is 5.75 Å². The van der Waals surface area contributed by atoms with Crippen molar-refractivity contribution >= 4 is 81.8 Å². The van der Waals surface area contributed by atoms with Gasteiger partial charge in [-0.05, 0) is 105 Å². The van der Waals surface area contributed by atoms with Gasteiger partial charge in [-0.2, -0.15) is 0 Å². The van der Waals surface area contributed by atoms with Crippen molar-refractivity contribution < 1.29 is 68.1 Å². The summed E-state index contributed by atoms with van der Waals surface area (Å²) in [6, 6.07) is 1.65. The number of hydrogen-bond donors (Lipinski definition) is 17. The lowest BCUT2D eigenvalue weighted by molar-refractivity contribution is -0.142. The first-order valence-corrected chi connectivity index (χ1v) is 31.4. The van der Waals surface area contributed by atoms with Crippen LogP contribution in [0.1, 0.15) is 94.9 Å². The highest BCUT2D eigenvalue weighted by atomic mass is 16.3. The molecule has 2 saturated heterocycles. The molecule has 93 heavy (non-hydrogen) atoms. The van der Waals surface area contributed by atoms with Gasteiger partial charge in [0.25, 0.3) is 0 Å². The number of guanidine groups is 1. The number of para-hydroxylation sites is 1. The first-order chi connectivity index (χ1) is 44.4. The summed E-state index contributed by atoms with van der Waals surface area (Å²) in [5.74, 6) is -10.2. The van der Waals surface area contributed by atoms with E-state index in [2.05, 4.69) is 67.8 Å². The molecule has 2 aromatic heterocycles. The summed E-state index contributed by atoms with van der Waals surface area (Å²) in [6.07, 6.45) is 5.23. The average Bonchev–Trinajstić information content (AvgIpc) is 1.65. The monoisotopic (exact) mass is 1290 g/mol. The predicted octanol–water partition coefficient (Wildman–Crippen LogP) is -3.61. The number of likely N-dealkylation sites (tertiary alicyclic amines) is 1. The quantitative estimate of drug-likeness (QED) is 0.0131. The number of aromatic amines is 2. The number of amides is 11. The van der Waals surface area contributed by atoms with E-state index in [1.54, 1.807) is 24.4 Å². The minimum atomic E-state index is -1.76. The number of carbonyl (C=O) groups excluding carboxylic acids is 11. The first-order valence-electron chi connectivity index (χ1n) is 31.4. The molecule has 13 atom stereocenters. The summed E-state index contributed by atoms with van der Waals surface area (Å²) in [4.78, 5) is 168. The topological polar surface area (TPSA) is 495 Å². The number of aliphatic imine (C=N–C) groups is 1. The van der Waals surface area contributed by atoms with Gasteiger partial charge in [-0.3, -0.25) is 57.7 Å². The van der Waals surface area contributed by atoms with Crippen LogP contribution in [0.3, 0.4) is 0 Å². The second-order valence-electron chi connectivity index (χ2n) is 24.8. The van der Waals surface area contributed by atoms with Gasteiger partial charge in [0.05, 0.1) is 31.5 Å². The van der Waals surface area contributed by atoms with Crippen molar-refractivity contribution in [3.05, 3.63) is 84.1 Å². The highest BCUT2D eigenvalue weighted by Gasteiger charge is 2.53. The van der Waals surface area contributed by atoms with Crippen LogP contribution >= 0.6 is 0 Å². The van der Waals surface area contributed by atoms with E-state index in [-0.39, 0.29) is 113 Å². The molecular formula is C62H85N17O14. The van der Waals surface area contributed by atoms with E-state index in [0.717, 1.165) is 0 Å². The zero-order valence-corrected chi connectivity index (χ0v) is 51.9. The number of nitrogens with zero attached hydrogens (tertiary/aromatic N) is 3. The SMILES string of the molecule is CC(C)C[C@H](NC(=O)[C@H]1[C@@H]2C[C@H](O)C[C@@H]2C[C@H]1NC(=O)[C@H](Cc1ccc(O)cc1)NC(=O)[C@H](CO)NC(=O)[C@H](Cc1c[nH]c2ccccc12)NC(=O)[C@H](Cc1cnc[nH]1)NC(=O)[C@@H]1CCC(=O)N1)C(=O)N[C@@H](CCCN=C(N)N)C(=O)N1CCC[C@H]1C(=O)NCC(N)=O. The van der Waals surface area contributed by atoms with Gasteiger partial charge in [0.15, 0.2) is 5.96 Å². The van der Waals surface area contributed by atoms with Gasteiger partial charge in [-0.15, -0.1) is 0 Å². The zero-order chi connectivity index (χ0) is 67.0. The van der Waals surface area contributed by atoms with Gasteiger partial charge in [0.1, 0.15) is 54.1 Å². The summed E-state index contributed by atoms with van der Waals surface area (Å²) in [5.41, 5.74) is 18.6. The molecule has 4 heterocycles. The van der Waals surface area contributed by atoms with E-state index in [1.807, 2.05) is 19.9 Å². The number of aliphatic hydroxyl groups is 2. The molecule has 20 N–H and O–H groups in total. The molecule has 4 fully saturated rings. The highest BCUT2D eigenvalue weighted by molar-refractivity contribution is 5.99. The third-order valence-corrected chi connectivity index (χ3v) is 17.5. The second kappa shape index (κ2) is 32.1. The number of fused-ring (bicyclic) bond motifs is 2. The molecular weight excluding hydrogens is 1210 g/mol. The number of benzene rings is 2. The molecule has 502 valence electrons. The molecule has 11 amide bonds. The number of nitrogens with one attached hydrogen (secondary N) is 11. The molecule has 4 aromatic rings. The number of phenolic OH excluding ortho intramolecular Hbond substituents is 1. The van der Waals surface area contributed by atoms with Crippen molar-refractivity contribution in [3.8, 4) is 5.75 Å². The van der Waals surface area contributed by atoms with Gasteiger partial charge in [-0.1, -0.05) is 44.2 Å². The molecule has 0 bridgehead atoms. The molecule has 2 aliphatic heterocycles. The molecule has 4 aliphatic rings. The average molecular weight is 1290 g/mol. The molecule has 2 aliphatic carbocycles. The molecule has 8 rings (SSSR count). The van der Waals surface area contributed by atoms with Gasteiger partial charge in [-0.25, -0.2) is 4.98 Å². The van der Waals surface area contributed by atoms with Crippen LogP contribution in [0.15, 0.2) is 72.2 Å². The Kier molecular flexibility index (Phi) is 23.9. The van der Waals surface area contributed by atoms with Crippen molar-refractivity contribution in [2.24, 2.45) is 45.9 Å². The molecule has 31 nitrogen and oxygen atoms in total. The molecule has 0 spiro atoms. The number of aliphatic hydroxyl groups excluding tert-OH is 2. The number of rotatable bonds is 31. The lowest BCUT2D eigenvalue weighted by atomic mass is 9.88. The van der Waals surface area contributed by atoms with E-state index >= 15 is 0 Å². The van der Waals surface area contributed by atoms with E-state index in [1.165, 1.54) is 41.7 Å². The number of aromatic hydroxyl groups is 1. The number of phenols is 1. The van der Waals surface area contributed by atoms with Gasteiger partial charge < -0.3 is 95.2 Å². The van der Waals surface area contributed by atoms with Crippen LogP contribution in [-0.4, -0.2) is 193 Å². The fraction of sp³-hybridized carbons (Fsp3) is 0.532. The Morgan fingerprint density at radius 1 is 0.742 bits per heavy atom. The fourth-order valence-corrected chi connectivity index (χ4v) is 12.9. The first kappa shape index (κ1) is 69.2. The van der Waals surface area contributed by atoms with Crippen LogP contribution in [0.2, 0.25) is 0 Å². The number of primary amides is 1. The Morgan fingerprint density at radius 2 is 1.41 bits per heavy atom. The number of aromatic nitrogens is 3. The minimum absolute atomic E-state index is 0.0209.